The smallest absolute Gasteiger partial charge is 0.244 e. The summed E-state index contributed by atoms with van der Waals surface area (Å²) in [6.07, 6.45) is -0.506. The molecular weight excluding hydrogens is 549 g/mol. The highest BCUT2D eigenvalue weighted by atomic mass is 19.1. The zero-order chi connectivity index (χ0) is 30.3. The number of nitrogens with zero attached hydrogens (tertiary/aromatic N) is 2. The fraction of sp³-hybridized carbons (Fsp3) is 0.152. The third kappa shape index (κ3) is 6.60. The van der Waals surface area contributed by atoms with Crippen LogP contribution in [0.15, 0.2) is 103 Å². The lowest BCUT2D eigenvalue weighted by molar-refractivity contribution is -0.136. The Morgan fingerprint density at radius 1 is 0.767 bits per heavy atom. The van der Waals surface area contributed by atoms with Gasteiger partial charge in [0.2, 0.25) is 23.6 Å². The second kappa shape index (κ2) is 13.1. The molecule has 5 rings (SSSR count). The van der Waals surface area contributed by atoms with Gasteiger partial charge in [-0.05, 0) is 48.0 Å². The van der Waals surface area contributed by atoms with E-state index in [1.165, 1.54) is 21.9 Å². The first kappa shape index (κ1) is 29.2. The molecule has 9 nitrogen and oxygen atoms in total. The molecule has 0 radical (unpaired) electrons. The first-order valence-corrected chi connectivity index (χ1v) is 13.7. The molecule has 0 fully saturated rings. The van der Waals surface area contributed by atoms with Gasteiger partial charge in [0.25, 0.3) is 0 Å². The summed E-state index contributed by atoms with van der Waals surface area (Å²) in [5.41, 5.74) is 8.60. The van der Waals surface area contributed by atoms with E-state index in [0.29, 0.717) is 29.3 Å². The monoisotopic (exact) mass is 579 g/mol. The van der Waals surface area contributed by atoms with E-state index in [1.807, 2.05) is 6.07 Å². The fourth-order valence-corrected chi connectivity index (χ4v) is 4.91. The maximum absolute atomic E-state index is 14.2. The van der Waals surface area contributed by atoms with Gasteiger partial charge in [0, 0.05) is 36.4 Å². The van der Waals surface area contributed by atoms with Crippen LogP contribution in [0.2, 0.25) is 0 Å². The second-order valence-corrected chi connectivity index (χ2v) is 10.00. The van der Waals surface area contributed by atoms with Crippen molar-refractivity contribution in [3.8, 4) is 0 Å². The quantitative estimate of drug-likeness (QED) is 0.256. The van der Waals surface area contributed by atoms with E-state index >= 15 is 0 Å². The number of fused-ring (bicyclic) bond motifs is 1. The van der Waals surface area contributed by atoms with Crippen LogP contribution in [0, 0.1) is 11.7 Å². The van der Waals surface area contributed by atoms with Crippen LogP contribution < -0.4 is 26.2 Å². The molecule has 218 valence electrons. The maximum Gasteiger partial charge on any atom is 0.244 e. The highest BCUT2D eigenvalue weighted by molar-refractivity contribution is 6.22. The zero-order valence-electron chi connectivity index (χ0n) is 23.2. The van der Waals surface area contributed by atoms with Crippen molar-refractivity contribution in [1.82, 2.24) is 5.32 Å². The van der Waals surface area contributed by atoms with Gasteiger partial charge in [-0.1, -0.05) is 60.7 Å². The Kier molecular flexibility index (Phi) is 8.88. The summed E-state index contributed by atoms with van der Waals surface area (Å²) in [4.78, 5) is 57.1. The van der Waals surface area contributed by atoms with Crippen LogP contribution in [-0.2, 0) is 32.3 Å². The van der Waals surface area contributed by atoms with Crippen LogP contribution in [0.3, 0.4) is 0 Å². The van der Waals surface area contributed by atoms with Gasteiger partial charge in [-0.25, -0.2) is 4.39 Å². The lowest BCUT2D eigenvalue weighted by atomic mass is 10.0. The molecule has 1 heterocycles. The van der Waals surface area contributed by atoms with E-state index in [1.54, 1.807) is 84.9 Å². The van der Waals surface area contributed by atoms with Gasteiger partial charge in [0.1, 0.15) is 18.3 Å². The zero-order valence-corrected chi connectivity index (χ0v) is 23.2. The predicted octanol–water partition coefficient (Wildman–Crippen LogP) is 4.26. The molecule has 1 aliphatic heterocycles. The van der Waals surface area contributed by atoms with Gasteiger partial charge in [0.15, 0.2) is 0 Å². The number of nitrogens with two attached hydrogens (primary N) is 1. The highest BCUT2D eigenvalue weighted by Gasteiger charge is 2.42. The van der Waals surface area contributed by atoms with Gasteiger partial charge >= 0.3 is 0 Å². The van der Waals surface area contributed by atoms with Crippen LogP contribution in [0.1, 0.15) is 17.5 Å². The predicted molar refractivity (Wildman–Crippen MR) is 162 cm³/mol. The Morgan fingerprint density at radius 3 is 2.12 bits per heavy atom. The van der Waals surface area contributed by atoms with E-state index < -0.39 is 48.3 Å². The molecule has 0 bridgehead atoms. The molecule has 4 aromatic rings. The van der Waals surface area contributed by atoms with Crippen molar-refractivity contribution in [3.63, 3.8) is 0 Å². The summed E-state index contributed by atoms with van der Waals surface area (Å²) in [7, 11) is 0. The number of nitrogens with one attached hydrogen (secondary N) is 2. The van der Waals surface area contributed by atoms with Crippen molar-refractivity contribution in [1.29, 1.82) is 0 Å². The maximum atomic E-state index is 14.2. The molecule has 0 spiro atoms. The lowest BCUT2D eigenvalue weighted by Gasteiger charge is -2.25. The van der Waals surface area contributed by atoms with Crippen LogP contribution in [0.5, 0.6) is 0 Å². The minimum atomic E-state index is -1.47. The molecule has 1 unspecified atom stereocenters. The number of carbonyl (C=O) groups is 4. The molecule has 1 aliphatic rings. The number of amides is 4. The minimum absolute atomic E-state index is 0.117. The average Bonchev–Trinajstić information content (AvgIpc) is 3.10. The summed E-state index contributed by atoms with van der Waals surface area (Å²) in [5.74, 6) is -4.39. The topological polar surface area (TPSA) is 125 Å². The summed E-state index contributed by atoms with van der Waals surface area (Å²) in [6, 6.07) is 28.5. The number of para-hydroxylation sites is 3. The third-order valence-electron chi connectivity index (χ3n) is 7.11. The number of benzene rings is 4. The van der Waals surface area contributed by atoms with E-state index in [0.717, 1.165) is 5.56 Å². The van der Waals surface area contributed by atoms with Crippen LogP contribution >= 0.6 is 0 Å². The van der Waals surface area contributed by atoms with Crippen molar-refractivity contribution >= 4 is 46.4 Å². The second-order valence-electron chi connectivity index (χ2n) is 10.00. The Labute approximate surface area is 248 Å². The van der Waals surface area contributed by atoms with E-state index in [4.69, 9.17) is 5.73 Å². The number of carbonyl (C=O) groups excluding carboxylic acids is 4. The molecule has 43 heavy (non-hydrogen) atoms. The number of hydrogen-bond donors (Lipinski definition) is 3. The molecule has 0 aliphatic carbocycles. The van der Waals surface area contributed by atoms with Crippen LogP contribution in [0.25, 0.3) is 0 Å². The van der Waals surface area contributed by atoms with Crippen molar-refractivity contribution < 1.29 is 23.6 Å². The molecule has 1 atom stereocenters. The van der Waals surface area contributed by atoms with E-state index in [9.17, 15) is 23.6 Å². The number of rotatable bonds is 9. The third-order valence-corrected chi connectivity index (χ3v) is 7.11. The molecule has 4 amide bonds. The molecule has 0 saturated carbocycles. The Morgan fingerprint density at radius 2 is 1.42 bits per heavy atom. The average molecular weight is 580 g/mol. The van der Waals surface area contributed by atoms with Crippen molar-refractivity contribution in [2.45, 2.75) is 19.5 Å². The van der Waals surface area contributed by atoms with Crippen LogP contribution in [-0.4, -0.2) is 30.2 Å². The Bertz CT molecular complexity index is 1640. The Hall–Kier alpha value is -5.35. The number of anilines is 4. The normalized spacial score (nSPS) is 14.6. The summed E-state index contributed by atoms with van der Waals surface area (Å²) in [6.45, 7) is -0.210. The lowest BCUT2D eigenvalue weighted by Crippen LogP contribution is -2.45. The first-order valence-electron chi connectivity index (χ1n) is 13.7. The first-order chi connectivity index (χ1) is 20.9. The molecular formula is C33H30FN5O4. The molecule has 0 aromatic heterocycles. The molecule has 4 N–H and O–H groups in total. The molecule has 4 aromatic carbocycles. The molecule has 0 saturated heterocycles. The van der Waals surface area contributed by atoms with E-state index in [-0.39, 0.29) is 12.1 Å². The van der Waals surface area contributed by atoms with Crippen molar-refractivity contribution in [2.75, 3.05) is 21.7 Å². The van der Waals surface area contributed by atoms with Crippen molar-refractivity contribution in [2.24, 2.45) is 11.7 Å². The summed E-state index contributed by atoms with van der Waals surface area (Å²) < 4.78 is 14.1. The van der Waals surface area contributed by atoms with Gasteiger partial charge in [-0.2, -0.15) is 0 Å². The largest absolute Gasteiger partial charge is 0.352 e. The van der Waals surface area contributed by atoms with E-state index in [2.05, 4.69) is 10.6 Å². The number of halogens is 1. The van der Waals surface area contributed by atoms with Gasteiger partial charge in [-0.3, -0.25) is 24.1 Å². The number of hydrogen-bond acceptors (Lipinski definition) is 5. The summed E-state index contributed by atoms with van der Waals surface area (Å²) in [5, 5.41) is 5.38. The van der Waals surface area contributed by atoms with Gasteiger partial charge in [-0.15, -0.1) is 0 Å². The molecule has 10 heteroatoms. The van der Waals surface area contributed by atoms with Gasteiger partial charge < -0.3 is 21.3 Å². The highest BCUT2D eigenvalue weighted by Crippen LogP contribution is 2.40. The van der Waals surface area contributed by atoms with Gasteiger partial charge in [0.05, 0.1) is 11.4 Å². The standard InChI is InChI=1S/C33H30FN5O4/c34-27-11-5-4-8-23(27)20-36-30(40)18-26-32(42)38(21-31(41)37-24-9-2-1-3-10-24)28-12-6-7-13-29(28)39(33(26)43)25-16-14-22(19-35)15-17-25/h1-17,26H,18-21,35H2,(H,36,40)(H,37,41). The fourth-order valence-electron chi connectivity index (χ4n) is 4.91. The summed E-state index contributed by atoms with van der Waals surface area (Å²) >= 11 is 0. The minimum Gasteiger partial charge on any atom is -0.352 e. The SMILES string of the molecule is NCc1ccc(N2C(=O)C(CC(=O)NCc3ccccc3F)C(=O)N(CC(=O)Nc3ccccc3)c3ccccc32)cc1. The Balaban J connectivity index is 1.49. The van der Waals surface area contributed by atoms with Crippen molar-refractivity contribution in [3.05, 3.63) is 120 Å². The van der Waals surface area contributed by atoms with Crippen LogP contribution in [0.4, 0.5) is 27.1 Å².